The van der Waals surface area contributed by atoms with Crippen LogP contribution in [0.4, 0.5) is 13.2 Å². The average molecular weight is 273 g/mol. The molecule has 2 aliphatic rings. The number of nitrogens with zero attached hydrogens (tertiary/aromatic N) is 1. The van der Waals surface area contributed by atoms with E-state index in [1.165, 1.54) is 11.8 Å². The Bertz CT molecular complexity index is 291. The number of thioether (sulfide) groups is 1. The molecule has 5 unspecified atom stereocenters. The summed E-state index contributed by atoms with van der Waals surface area (Å²) < 4.78 is 43.2. The van der Waals surface area contributed by atoms with Crippen molar-refractivity contribution in [2.45, 2.75) is 42.8 Å². The van der Waals surface area contributed by atoms with Crippen LogP contribution in [0.1, 0.15) is 6.92 Å². The molecule has 100 valence electrons. The van der Waals surface area contributed by atoms with Gasteiger partial charge in [-0.15, -0.1) is 11.8 Å². The summed E-state index contributed by atoms with van der Waals surface area (Å²) in [6.07, 6.45) is -6.68. The van der Waals surface area contributed by atoms with E-state index in [0.29, 0.717) is 0 Å². The highest BCUT2D eigenvalue weighted by molar-refractivity contribution is 8.00. The zero-order valence-corrected chi connectivity index (χ0v) is 9.91. The van der Waals surface area contributed by atoms with E-state index in [-0.39, 0.29) is 12.5 Å². The molecule has 0 aromatic carbocycles. The smallest absolute Gasteiger partial charge is 0.389 e. The first-order valence-electron chi connectivity index (χ1n) is 5.24. The molecule has 0 aliphatic carbocycles. The summed E-state index contributed by atoms with van der Waals surface area (Å²) in [5.74, 6) is 0.139. The Hall–Kier alpha value is -0.0200. The van der Waals surface area contributed by atoms with Crippen LogP contribution < -0.4 is 0 Å². The molecule has 0 bridgehead atoms. The van der Waals surface area contributed by atoms with Gasteiger partial charge in [-0.2, -0.15) is 13.2 Å². The number of fused-ring (bicyclic) bond motifs is 1. The second-order valence-electron chi connectivity index (χ2n) is 4.28. The molecule has 0 aromatic heterocycles. The summed E-state index contributed by atoms with van der Waals surface area (Å²) in [7, 11) is 0. The van der Waals surface area contributed by atoms with Crippen molar-refractivity contribution in [3.05, 3.63) is 0 Å². The Balaban J connectivity index is 2.15. The third-order valence-corrected chi connectivity index (χ3v) is 4.39. The highest BCUT2D eigenvalue weighted by atomic mass is 32.2. The van der Waals surface area contributed by atoms with Crippen molar-refractivity contribution < 1.29 is 28.1 Å². The molecular formula is C9H14F3NO3S. The number of aliphatic hydroxyl groups excluding tert-OH is 2. The molecule has 0 saturated carbocycles. The van der Waals surface area contributed by atoms with Gasteiger partial charge >= 0.3 is 6.18 Å². The molecule has 8 heteroatoms. The first kappa shape index (κ1) is 13.4. The second-order valence-corrected chi connectivity index (χ2v) is 5.33. The molecule has 2 heterocycles. The molecular weight excluding hydrogens is 259 g/mol. The van der Waals surface area contributed by atoms with E-state index in [9.17, 15) is 23.4 Å². The lowest BCUT2D eigenvalue weighted by molar-refractivity contribution is -0.203. The van der Waals surface area contributed by atoms with E-state index >= 15 is 0 Å². The minimum absolute atomic E-state index is 0.0381. The number of rotatable bonds is 1. The van der Waals surface area contributed by atoms with E-state index in [0.717, 1.165) is 11.8 Å². The summed E-state index contributed by atoms with van der Waals surface area (Å²) in [5, 5.41) is 19.2. The highest BCUT2D eigenvalue weighted by Gasteiger charge is 2.53. The van der Waals surface area contributed by atoms with Gasteiger partial charge in [0.05, 0.1) is 12.6 Å². The van der Waals surface area contributed by atoms with Crippen LogP contribution in [0, 0.1) is 0 Å². The van der Waals surface area contributed by atoms with Crippen LogP contribution in [-0.4, -0.2) is 63.5 Å². The Morgan fingerprint density at radius 3 is 2.65 bits per heavy atom. The van der Waals surface area contributed by atoms with E-state index in [4.69, 9.17) is 4.74 Å². The van der Waals surface area contributed by atoms with Crippen LogP contribution in [0.5, 0.6) is 0 Å². The quantitative estimate of drug-likeness (QED) is 0.724. The van der Waals surface area contributed by atoms with Crippen LogP contribution in [-0.2, 0) is 4.74 Å². The molecule has 5 atom stereocenters. The molecule has 2 rings (SSSR count). The number of halogens is 3. The zero-order valence-electron chi connectivity index (χ0n) is 9.09. The molecule has 2 aliphatic heterocycles. The lowest BCUT2D eigenvalue weighted by atomic mass is 10.0. The first-order valence-corrected chi connectivity index (χ1v) is 6.29. The molecule has 2 saturated heterocycles. The fourth-order valence-corrected chi connectivity index (χ4v) is 3.49. The van der Waals surface area contributed by atoms with Gasteiger partial charge in [0.1, 0.15) is 23.7 Å². The standard InChI is InChI=1S/C9H14F3NO3S/c1-4(9(10,11)12)13-3-17-8-6(13)7(15)5(14)2-16-8/h4-8,14-15H,2-3H2,1H3. The van der Waals surface area contributed by atoms with Gasteiger partial charge in [-0.25, -0.2) is 0 Å². The lowest BCUT2D eigenvalue weighted by Gasteiger charge is -2.40. The van der Waals surface area contributed by atoms with Crippen molar-refractivity contribution >= 4 is 11.8 Å². The molecule has 2 fully saturated rings. The predicted octanol–water partition coefficient (Wildman–Crippen LogP) is 0.390. The third-order valence-electron chi connectivity index (χ3n) is 3.20. The number of aliphatic hydroxyl groups is 2. The Morgan fingerprint density at radius 2 is 2.06 bits per heavy atom. The van der Waals surface area contributed by atoms with Gasteiger partial charge in [0.15, 0.2) is 0 Å². The second kappa shape index (κ2) is 4.58. The average Bonchev–Trinajstić information content (AvgIpc) is 2.65. The van der Waals surface area contributed by atoms with Crippen molar-refractivity contribution in [1.82, 2.24) is 4.90 Å². The predicted molar refractivity (Wildman–Crippen MR) is 55.4 cm³/mol. The van der Waals surface area contributed by atoms with Crippen LogP contribution in [0.3, 0.4) is 0 Å². The molecule has 17 heavy (non-hydrogen) atoms. The molecule has 2 N–H and O–H groups in total. The number of alkyl halides is 3. The largest absolute Gasteiger partial charge is 0.403 e. The Labute approximate surface area is 101 Å². The van der Waals surface area contributed by atoms with Crippen molar-refractivity contribution in [3.63, 3.8) is 0 Å². The Morgan fingerprint density at radius 1 is 1.41 bits per heavy atom. The van der Waals surface area contributed by atoms with Gasteiger partial charge < -0.3 is 14.9 Å². The van der Waals surface area contributed by atoms with Gasteiger partial charge in [-0.3, -0.25) is 4.90 Å². The highest BCUT2D eigenvalue weighted by Crippen LogP contribution is 2.40. The normalized spacial score (nSPS) is 41.3. The summed E-state index contributed by atoms with van der Waals surface area (Å²) in [6, 6.07) is -2.46. The SMILES string of the molecule is CC(N1CSC2OCC(O)C(O)C21)C(F)(F)F. The summed E-state index contributed by atoms with van der Waals surface area (Å²) in [5.41, 5.74) is -0.502. The number of hydrogen-bond acceptors (Lipinski definition) is 5. The van der Waals surface area contributed by atoms with E-state index < -0.39 is 35.9 Å². The van der Waals surface area contributed by atoms with Crippen molar-refractivity contribution in [2.24, 2.45) is 0 Å². The van der Waals surface area contributed by atoms with Crippen LogP contribution in [0.15, 0.2) is 0 Å². The maximum atomic E-state index is 12.6. The number of ether oxygens (including phenoxy) is 1. The minimum atomic E-state index is -4.35. The monoisotopic (exact) mass is 273 g/mol. The van der Waals surface area contributed by atoms with Crippen LogP contribution >= 0.6 is 11.8 Å². The summed E-state index contributed by atoms with van der Waals surface area (Å²) >= 11 is 1.22. The fourth-order valence-electron chi connectivity index (χ4n) is 2.08. The first-order chi connectivity index (χ1) is 7.82. The molecule has 0 radical (unpaired) electrons. The molecule has 0 amide bonds. The van der Waals surface area contributed by atoms with E-state index in [1.807, 2.05) is 0 Å². The van der Waals surface area contributed by atoms with E-state index in [1.54, 1.807) is 0 Å². The molecule has 4 nitrogen and oxygen atoms in total. The molecule has 0 spiro atoms. The maximum absolute atomic E-state index is 12.6. The number of hydrogen-bond donors (Lipinski definition) is 2. The molecule has 0 aromatic rings. The van der Waals surface area contributed by atoms with Crippen LogP contribution in [0.25, 0.3) is 0 Å². The summed E-state index contributed by atoms with van der Waals surface area (Å²) in [6.45, 7) is 1.01. The summed E-state index contributed by atoms with van der Waals surface area (Å²) in [4.78, 5) is 1.14. The van der Waals surface area contributed by atoms with E-state index in [2.05, 4.69) is 0 Å². The minimum Gasteiger partial charge on any atom is -0.389 e. The lowest BCUT2D eigenvalue weighted by Crippen LogP contribution is -2.59. The van der Waals surface area contributed by atoms with Gasteiger partial charge in [0.2, 0.25) is 0 Å². The van der Waals surface area contributed by atoms with Crippen molar-refractivity contribution in [3.8, 4) is 0 Å². The fraction of sp³-hybridized carbons (Fsp3) is 1.00. The zero-order chi connectivity index (χ0) is 12.8. The Kier molecular flexibility index (Phi) is 3.61. The van der Waals surface area contributed by atoms with Gasteiger partial charge in [0, 0.05) is 5.88 Å². The van der Waals surface area contributed by atoms with Gasteiger partial charge in [-0.05, 0) is 6.92 Å². The van der Waals surface area contributed by atoms with Crippen molar-refractivity contribution in [1.29, 1.82) is 0 Å². The van der Waals surface area contributed by atoms with Gasteiger partial charge in [0.25, 0.3) is 0 Å². The van der Waals surface area contributed by atoms with Crippen LogP contribution in [0.2, 0.25) is 0 Å². The third kappa shape index (κ3) is 2.41. The maximum Gasteiger partial charge on any atom is 0.403 e. The van der Waals surface area contributed by atoms with Gasteiger partial charge in [-0.1, -0.05) is 0 Å². The van der Waals surface area contributed by atoms with Crippen molar-refractivity contribution in [2.75, 3.05) is 12.5 Å². The topological polar surface area (TPSA) is 52.9 Å².